The van der Waals surface area contributed by atoms with E-state index in [4.69, 9.17) is 5.73 Å². The van der Waals surface area contributed by atoms with Crippen molar-refractivity contribution in [1.82, 2.24) is 0 Å². The van der Waals surface area contributed by atoms with Crippen LogP contribution in [-0.2, 0) is 0 Å². The van der Waals surface area contributed by atoms with Gasteiger partial charge in [-0.3, -0.25) is 0 Å². The molecule has 0 amide bonds. The van der Waals surface area contributed by atoms with Crippen molar-refractivity contribution in [2.24, 2.45) is 5.73 Å². The number of nitrogens with two attached hydrogens (primary N) is 1. The lowest BCUT2D eigenvalue weighted by Crippen LogP contribution is -2.13. The summed E-state index contributed by atoms with van der Waals surface area (Å²) < 4.78 is 0. The van der Waals surface area contributed by atoms with Crippen molar-refractivity contribution in [3.63, 3.8) is 0 Å². The lowest BCUT2D eigenvalue weighted by Gasteiger charge is -2.05. The second-order valence-corrected chi connectivity index (χ2v) is 5.19. The van der Waals surface area contributed by atoms with E-state index >= 15 is 0 Å². The van der Waals surface area contributed by atoms with Crippen LogP contribution in [0.1, 0.15) is 26.2 Å². The Morgan fingerprint density at radius 1 is 1.30 bits per heavy atom. The highest BCUT2D eigenvalue weighted by atomic mass is 28.3. The van der Waals surface area contributed by atoms with Crippen LogP contribution in [0.3, 0.4) is 0 Å². The number of unbranched alkanes of at least 4 members (excludes halogenated alkanes) is 1. The smallest absolute Gasteiger partial charge is 0.172 e. The second-order valence-electron chi connectivity index (χ2n) is 2.73. The fourth-order valence-electron chi connectivity index (χ4n) is 0.938. The summed E-state index contributed by atoms with van der Waals surface area (Å²) in [6.07, 6.45) is 3.40. The fraction of sp³-hybridized carbons (Fsp3) is 1.00. The predicted molar refractivity (Wildman–Crippen MR) is 47.6 cm³/mol. The first kappa shape index (κ1) is 10.1. The molecule has 0 rings (SSSR count). The van der Waals surface area contributed by atoms with E-state index in [1.165, 1.54) is 12.8 Å². The normalized spacial score (nSPS) is 13.5. The fourth-order valence-corrected chi connectivity index (χ4v) is 2.81. The summed E-state index contributed by atoms with van der Waals surface area (Å²) in [7, 11) is -1.32. The highest BCUT2D eigenvalue weighted by Crippen LogP contribution is 2.04. The Bertz CT molecular complexity index is 62.6. The van der Waals surface area contributed by atoms with Crippen molar-refractivity contribution in [3.05, 3.63) is 0 Å². The zero-order valence-electron chi connectivity index (χ0n) is 6.84. The third-order valence-electron chi connectivity index (χ3n) is 1.63. The van der Waals surface area contributed by atoms with E-state index in [2.05, 4.69) is 6.92 Å². The van der Waals surface area contributed by atoms with E-state index in [0.717, 1.165) is 25.1 Å². The molecule has 0 aromatic carbocycles. The molecule has 0 bridgehead atoms. The second kappa shape index (κ2) is 7.25. The summed E-state index contributed by atoms with van der Waals surface area (Å²) in [5, 5.41) is 0. The van der Waals surface area contributed by atoms with E-state index in [0.29, 0.717) is 0 Å². The molecular formula is C7H19NOSi. The highest BCUT2D eigenvalue weighted by molar-refractivity contribution is 6.50. The van der Waals surface area contributed by atoms with Crippen molar-refractivity contribution in [1.29, 1.82) is 0 Å². The molecular weight excluding hydrogens is 142 g/mol. The van der Waals surface area contributed by atoms with E-state index in [-0.39, 0.29) is 0 Å². The molecule has 62 valence electrons. The van der Waals surface area contributed by atoms with Crippen LogP contribution in [0.25, 0.3) is 0 Å². The summed E-state index contributed by atoms with van der Waals surface area (Å²) in [5.41, 5.74) is 5.32. The van der Waals surface area contributed by atoms with Crippen LogP contribution in [-0.4, -0.2) is 20.4 Å². The molecule has 0 aromatic heterocycles. The van der Waals surface area contributed by atoms with Gasteiger partial charge in [-0.15, -0.1) is 0 Å². The first-order chi connectivity index (χ1) is 4.81. The van der Waals surface area contributed by atoms with Gasteiger partial charge in [0.1, 0.15) is 0 Å². The van der Waals surface area contributed by atoms with E-state index < -0.39 is 9.04 Å². The molecule has 1 atom stereocenters. The molecule has 0 aromatic rings. The molecule has 0 aliphatic rings. The van der Waals surface area contributed by atoms with Crippen molar-refractivity contribution < 1.29 is 4.80 Å². The summed E-state index contributed by atoms with van der Waals surface area (Å²) in [5.74, 6) is 0. The van der Waals surface area contributed by atoms with Crippen LogP contribution < -0.4 is 5.73 Å². The van der Waals surface area contributed by atoms with Crippen LogP contribution in [0, 0.1) is 0 Å². The van der Waals surface area contributed by atoms with E-state index in [1.54, 1.807) is 0 Å². The molecule has 0 radical (unpaired) electrons. The van der Waals surface area contributed by atoms with Gasteiger partial charge in [-0.1, -0.05) is 19.8 Å². The minimum atomic E-state index is -1.32. The number of hydrogen-bond acceptors (Lipinski definition) is 2. The van der Waals surface area contributed by atoms with Gasteiger partial charge in [-0.25, -0.2) is 0 Å². The summed E-state index contributed by atoms with van der Waals surface area (Å²) in [6.45, 7) is 2.89. The average molecular weight is 161 g/mol. The molecule has 0 heterocycles. The lowest BCUT2D eigenvalue weighted by molar-refractivity contribution is 0.556. The summed E-state index contributed by atoms with van der Waals surface area (Å²) in [4.78, 5) is 9.39. The van der Waals surface area contributed by atoms with Crippen molar-refractivity contribution in [2.75, 3.05) is 6.54 Å². The van der Waals surface area contributed by atoms with Gasteiger partial charge >= 0.3 is 0 Å². The summed E-state index contributed by atoms with van der Waals surface area (Å²) >= 11 is 0. The quantitative estimate of drug-likeness (QED) is 0.567. The van der Waals surface area contributed by atoms with Gasteiger partial charge in [0, 0.05) is 0 Å². The molecule has 0 aliphatic carbocycles. The van der Waals surface area contributed by atoms with Gasteiger partial charge in [0.15, 0.2) is 9.04 Å². The molecule has 0 fully saturated rings. The van der Waals surface area contributed by atoms with Crippen molar-refractivity contribution in [3.8, 4) is 0 Å². The maximum atomic E-state index is 9.39. The first-order valence-corrected chi connectivity index (χ1v) is 6.34. The van der Waals surface area contributed by atoms with Crippen molar-refractivity contribution >= 4 is 9.04 Å². The molecule has 2 nitrogen and oxygen atoms in total. The number of rotatable bonds is 6. The van der Waals surface area contributed by atoms with Gasteiger partial charge in [-0.2, -0.15) is 0 Å². The Kier molecular flexibility index (Phi) is 7.35. The highest BCUT2D eigenvalue weighted by Gasteiger charge is 2.03. The van der Waals surface area contributed by atoms with E-state index in [9.17, 15) is 4.80 Å². The largest absolute Gasteiger partial charge is 0.435 e. The predicted octanol–water partition coefficient (Wildman–Crippen LogP) is 0.851. The first-order valence-electron chi connectivity index (χ1n) is 4.19. The minimum absolute atomic E-state index is 0.732. The van der Waals surface area contributed by atoms with Gasteiger partial charge in [0.25, 0.3) is 0 Å². The average Bonchev–Trinajstić information content (AvgIpc) is 1.97. The standard InChI is InChI=1S/C7H19NOSi/c1-2-3-6-10(9)7-4-5-8/h9-10H,2-8H2,1H3. The molecule has 0 spiro atoms. The zero-order chi connectivity index (χ0) is 7.82. The molecule has 0 aliphatic heterocycles. The van der Waals surface area contributed by atoms with Gasteiger partial charge in [-0.05, 0) is 25.1 Å². The minimum Gasteiger partial charge on any atom is -0.435 e. The maximum Gasteiger partial charge on any atom is 0.172 e. The molecule has 0 saturated heterocycles. The maximum absolute atomic E-state index is 9.39. The van der Waals surface area contributed by atoms with E-state index in [1.807, 2.05) is 0 Å². The Labute approximate surface area is 65.2 Å². The molecule has 3 N–H and O–H groups in total. The van der Waals surface area contributed by atoms with Gasteiger partial charge in [0.05, 0.1) is 0 Å². The number of hydrogen-bond donors (Lipinski definition) is 2. The van der Waals surface area contributed by atoms with Crippen molar-refractivity contribution in [2.45, 2.75) is 38.3 Å². The monoisotopic (exact) mass is 161 g/mol. The topological polar surface area (TPSA) is 46.2 Å². The van der Waals surface area contributed by atoms with Crippen LogP contribution in [0.4, 0.5) is 0 Å². The third kappa shape index (κ3) is 6.26. The van der Waals surface area contributed by atoms with Gasteiger partial charge in [0.2, 0.25) is 0 Å². The molecule has 0 saturated carbocycles. The summed E-state index contributed by atoms with van der Waals surface area (Å²) in [6, 6.07) is 2.09. The Balaban J connectivity index is 3.00. The Morgan fingerprint density at radius 2 is 1.90 bits per heavy atom. The molecule has 3 heteroatoms. The third-order valence-corrected chi connectivity index (χ3v) is 3.78. The lowest BCUT2D eigenvalue weighted by atomic mass is 10.4. The van der Waals surface area contributed by atoms with Crippen LogP contribution in [0.15, 0.2) is 0 Å². The van der Waals surface area contributed by atoms with Crippen LogP contribution in [0.5, 0.6) is 0 Å². The van der Waals surface area contributed by atoms with Gasteiger partial charge < -0.3 is 10.5 Å². The van der Waals surface area contributed by atoms with Crippen LogP contribution in [0.2, 0.25) is 12.1 Å². The molecule has 10 heavy (non-hydrogen) atoms. The zero-order valence-corrected chi connectivity index (χ0v) is 8.00. The van der Waals surface area contributed by atoms with Crippen LogP contribution >= 0.6 is 0 Å². The SMILES string of the molecule is CCCC[SiH](O)CCCN. The Morgan fingerprint density at radius 3 is 2.40 bits per heavy atom. The molecule has 1 unspecified atom stereocenters. The Hall–Kier alpha value is 0.137.